The minimum absolute atomic E-state index is 0.0404. The Labute approximate surface area is 256 Å². The number of carbonyl (C=O) groups excluding carboxylic acids is 1. The number of ether oxygens (including phenoxy) is 1. The number of nitrogens with zero attached hydrogens (tertiary/aromatic N) is 3. The van der Waals surface area contributed by atoms with Gasteiger partial charge in [-0.15, -0.1) is 0 Å². The number of aryl methyl sites for hydroxylation is 1. The highest BCUT2D eigenvalue weighted by atomic mass is 35.5. The molecule has 0 radical (unpaired) electrons. The van der Waals surface area contributed by atoms with Gasteiger partial charge in [0.2, 0.25) is 0 Å². The predicted molar refractivity (Wildman–Crippen MR) is 169 cm³/mol. The predicted octanol–water partition coefficient (Wildman–Crippen LogP) is 7.45. The number of halogens is 2. The minimum atomic E-state index is -1.83. The summed E-state index contributed by atoms with van der Waals surface area (Å²) in [5.41, 5.74) is 7.56. The molecule has 4 aromatic rings. The van der Waals surface area contributed by atoms with Gasteiger partial charge in [0.1, 0.15) is 10.7 Å². The van der Waals surface area contributed by atoms with Crippen molar-refractivity contribution in [3.63, 3.8) is 0 Å². The Morgan fingerprint density at radius 1 is 1.26 bits per heavy atom. The van der Waals surface area contributed by atoms with Crippen molar-refractivity contribution < 1.29 is 23.2 Å². The van der Waals surface area contributed by atoms with Gasteiger partial charge < -0.3 is 15.6 Å². The first kappa shape index (κ1) is 34.3. The van der Waals surface area contributed by atoms with Crippen LogP contribution in [0.25, 0.3) is 11.3 Å². The molecule has 0 saturated carbocycles. The lowest BCUT2D eigenvalue weighted by Crippen LogP contribution is -2.10. The molecular weight excluding hydrogens is 601 g/mol. The number of aliphatic imine (C=N–C) groups is 1. The van der Waals surface area contributed by atoms with Crippen molar-refractivity contribution in [3.05, 3.63) is 75.5 Å². The van der Waals surface area contributed by atoms with E-state index in [0.29, 0.717) is 28.1 Å². The number of phenolic OH excluding ortho intramolecular Hbond substituents is 1. The summed E-state index contributed by atoms with van der Waals surface area (Å²) in [7, 11) is -0.380. The fraction of sp³-hybridized carbons (Fsp3) is 0.241. The van der Waals surface area contributed by atoms with Gasteiger partial charge in [0.15, 0.2) is 32.6 Å². The Morgan fingerprint density at radius 2 is 1.95 bits per heavy atom. The Balaban J connectivity index is 0.00000116. The summed E-state index contributed by atoms with van der Waals surface area (Å²) in [6.45, 7) is 9.96. The minimum Gasteiger partial charge on any atom is -0.504 e. The van der Waals surface area contributed by atoms with Crippen LogP contribution in [0.15, 0.2) is 58.7 Å². The van der Waals surface area contributed by atoms with Gasteiger partial charge in [-0.2, -0.15) is 0 Å². The summed E-state index contributed by atoms with van der Waals surface area (Å²) in [6, 6.07) is 10.6. The van der Waals surface area contributed by atoms with Gasteiger partial charge in [0.25, 0.3) is 5.91 Å². The molecule has 224 valence electrons. The number of rotatable bonds is 8. The van der Waals surface area contributed by atoms with E-state index in [9.17, 15) is 18.5 Å². The average molecular weight is 634 g/mol. The summed E-state index contributed by atoms with van der Waals surface area (Å²) in [4.78, 5) is 24.9. The lowest BCUT2D eigenvalue weighted by molar-refractivity contribution is 0.100. The van der Waals surface area contributed by atoms with E-state index in [1.54, 1.807) is 31.2 Å². The first-order valence-electron chi connectivity index (χ1n) is 12.9. The number of pyridine rings is 1. The van der Waals surface area contributed by atoms with Crippen molar-refractivity contribution in [3.8, 4) is 22.8 Å². The van der Waals surface area contributed by atoms with Gasteiger partial charge in [0.05, 0.1) is 29.7 Å². The fourth-order valence-electron chi connectivity index (χ4n) is 3.26. The molecule has 0 aliphatic heterocycles. The Morgan fingerprint density at radius 3 is 2.55 bits per heavy atom. The highest BCUT2D eigenvalue weighted by molar-refractivity contribution is 7.86. The zero-order valence-electron chi connectivity index (χ0n) is 24.1. The molecule has 0 saturated heterocycles. The highest BCUT2D eigenvalue weighted by Gasteiger charge is 2.20. The van der Waals surface area contributed by atoms with E-state index in [4.69, 9.17) is 22.1 Å². The number of primary amides is 1. The zero-order valence-corrected chi connectivity index (χ0v) is 26.5. The number of aromatic hydroxyl groups is 1. The van der Waals surface area contributed by atoms with Gasteiger partial charge in [0, 0.05) is 17.3 Å². The molecule has 2 aromatic heterocycles. The molecule has 0 spiro atoms. The second kappa shape index (κ2) is 16.5. The molecule has 1 amide bonds. The number of hydrogen-bond donors (Lipinski definition) is 3. The van der Waals surface area contributed by atoms with Crippen molar-refractivity contribution in [2.45, 2.75) is 46.1 Å². The molecule has 42 heavy (non-hydrogen) atoms. The van der Waals surface area contributed by atoms with Crippen LogP contribution in [-0.2, 0) is 11.0 Å². The van der Waals surface area contributed by atoms with Crippen molar-refractivity contribution >= 4 is 56.9 Å². The molecule has 13 heteroatoms. The van der Waals surface area contributed by atoms with E-state index in [1.807, 2.05) is 13.8 Å². The standard InChI is InChI=1S/C24H19ClFN5O4S2.C3H8.C2H6/c1-12-8-15(28-10-14-4-3-5-18(35-2)20(14)32)11-29-23(12)37(34)31-24-30-19(21(36-24)22(27)33)13-6-7-17(26)16(25)9-13;1-3-2;1-2/h3-11,32H,1-2H3,(H2,27,33)(H,30,31);3H2,1-2H3;1-2H3. The summed E-state index contributed by atoms with van der Waals surface area (Å²) < 4.78 is 34.4. The van der Waals surface area contributed by atoms with Crippen LogP contribution in [0, 0.1) is 12.7 Å². The second-order valence-electron chi connectivity index (χ2n) is 8.24. The van der Waals surface area contributed by atoms with E-state index < -0.39 is 22.7 Å². The SMILES string of the molecule is CC.CCC.COc1cccc(C=Nc2cnc(S(=O)Nc3nc(-c4ccc(F)c(Cl)c4)c(C(N)=O)s3)c(C)c2)c1O. The van der Waals surface area contributed by atoms with E-state index in [0.717, 1.165) is 17.4 Å². The number of hydrogen-bond acceptors (Lipinski definition) is 8. The van der Waals surface area contributed by atoms with Crippen LogP contribution in [0.3, 0.4) is 0 Å². The van der Waals surface area contributed by atoms with Crippen LogP contribution in [0.1, 0.15) is 54.9 Å². The third-order valence-corrected chi connectivity index (χ3v) is 7.58. The van der Waals surface area contributed by atoms with Crippen LogP contribution >= 0.6 is 22.9 Å². The Hall–Kier alpha value is -3.87. The van der Waals surface area contributed by atoms with E-state index in [2.05, 4.69) is 33.5 Å². The summed E-state index contributed by atoms with van der Waals surface area (Å²) >= 11 is 6.76. The topological polar surface area (TPSA) is 140 Å². The smallest absolute Gasteiger partial charge is 0.261 e. The Kier molecular flexibility index (Phi) is 13.5. The van der Waals surface area contributed by atoms with E-state index >= 15 is 0 Å². The molecule has 1 atom stereocenters. The molecule has 9 nitrogen and oxygen atoms in total. The van der Waals surface area contributed by atoms with Crippen LogP contribution in [0.5, 0.6) is 11.5 Å². The molecule has 0 bridgehead atoms. The number of carbonyl (C=O) groups is 1. The van der Waals surface area contributed by atoms with Crippen LogP contribution < -0.4 is 15.2 Å². The molecular formula is C29H33ClFN5O4S2. The van der Waals surface area contributed by atoms with Crippen molar-refractivity contribution in [2.75, 3.05) is 11.8 Å². The van der Waals surface area contributed by atoms with Crippen LogP contribution in [0.2, 0.25) is 5.02 Å². The van der Waals surface area contributed by atoms with Crippen molar-refractivity contribution in [1.82, 2.24) is 9.97 Å². The second-order valence-corrected chi connectivity index (χ2v) is 10.8. The number of phenols is 1. The molecule has 2 heterocycles. The molecule has 4 rings (SSSR count). The number of nitrogens with two attached hydrogens (primary N) is 1. The van der Waals surface area contributed by atoms with E-state index in [1.165, 1.54) is 38.1 Å². The average Bonchev–Trinajstić information content (AvgIpc) is 3.39. The number of para-hydroxylation sites is 1. The Bertz CT molecular complexity index is 1580. The number of anilines is 1. The number of thiazole rings is 1. The molecule has 1 unspecified atom stereocenters. The number of methoxy groups -OCH3 is 1. The first-order chi connectivity index (χ1) is 20.1. The lowest BCUT2D eigenvalue weighted by Gasteiger charge is -2.07. The maximum absolute atomic E-state index is 13.6. The number of amides is 1. The van der Waals surface area contributed by atoms with Gasteiger partial charge in [-0.3, -0.25) is 14.5 Å². The summed E-state index contributed by atoms with van der Waals surface area (Å²) in [6.07, 6.45) is 4.14. The van der Waals surface area contributed by atoms with Crippen LogP contribution in [-0.4, -0.2) is 38.5 Å². The fourth-order valence-corrected chi connectivity index (χ4v) is 5.33. The summed E-state index contributed by atoms with van der Waals surface area (Å²) in [5, 5.41) is 10.4. The lowest BCUT2D eigenvalue weighted by atomic mass is 10.1. The number of nitrogens with one attached hydrogen (secondary N) is 1. The first-order valence-corrected chi connectivity index (χ1v) is 15.2. The molecule has 4 N–H and O–H groups in total. The maximum atomic E-state index is 13.6. The normalized spacial score (nSPS) is 11.1. The number of benzene rings is 2. The maximum Gasteiger partial charge on any atom is 0.261 e. The van der Waals surface area contributed by atoms with Gasteiger partial charge >= 0.3 is 0 Å². The van der Waals surface area contributed by atoms with Crippen molar-refractivity contribution in [1.29, 1.82) is 0 Å². The van der Waals surface area contributed by atoms with E-state index in [-0.39, 0.29) is 31.5 Å². The van der Waals surface area contributed by atoms with Gasteiger partial charge in [-0.25, -0.2) is 18.6 Å². The molecule has 0 aliphatic rings. The highest BCUT2D eigenvalue weighted by Crippen LogP contribution is 2.34. The van der Waals surface area contributed by atoms with Crippen molar-refractivity contribution in [2.24, 2.45) is 10.7 Å². The third kappa shape index (κ3) is 8.81. The van der Waals surface area contributed by atoms with Gasteiger partial charge in [-0.1, -0.05) is 63.1 Å². The molecule has 0 fully saturated rings. The number of aromatic nitrogens is 2. The monoisotopic (exact) mass is 633 g/mol. The van der Waals surface area contributed by atoms with Gasteiger partial charge in [-0.05, 0) is 48.9 Å². The van der Waals surface area contributed by atoms with Crippen LogP contribution in [0.4, 0.5) is 15.2 Å². The third-order valence-electron chi connectivity index (χ3n) is 5.02. The zero-order chi connectivity index (χ0) is 31.4. The summed E-state index contributed by atoms with van der Waals surface area (Å²) in [5.74, 6) is -1.08. The molecule has 0 aliphatic carbocycles. The largest absolute Gasteiger partial charge is 0.504 e. The quantitative estimate of drug-likeness (QED) is 0.172. The molecule has 2 aromatic carbocycles.